The molecule has 1 aromatic carbocycles. The molecule has 1 fully saturated rings. The van der Waals surface area contributed by atoms with E-state index < -0.39 is 35.5 Å². The summed E-state index contributed by atoms with van der Waals surface area (Å²) in [6.45, 7) is 20.0. The third kappa shape index (κ3) is 5.73. The second kappa shape index (κ2) is 9.07. The smallest absolute Gasteiger partial charge is 0.490 e. The van der Waals surface area contributed by atoms with E-state index in [1.807, 2.05) is 61.5 Å². The maximum Gasteiger partial charge on any atom is 0.494 e. The Hall–Kier alpha value is -1.44. The van der Waals surface area contributed by atoms with Gasteiger partial charge in [0.25, 0.3) is 0 Å². The Kier molecular flexibility index (Phi) is 7.60. The summed E-state index contributed by atoms with van der Waals surface area (Å²) >= 11 is 6.55. The number of carbonyl (C=O) groups is 1. The van der Waals surface area contributed by atoms with Crippen molar-refractivity contribution in [2.45, 2.75) is 97.9 Å². The molecule has 2 rings (SSSR count). The van der Waals surface area contributed by atoms with Crippen LogP contribution in [0.2, 0.25) is 5.02 Å². The number of benzene rings is 1. The molecule has 0 aliphatic carbocycles. The lowest BCUT2D eigenvalue weighted by Gasteiger charge is -2.47. The van der Waals surface area contributed by atoms with E-state index in [4.69, 9.17) is 25.6 Å². The van der Waals surface area contributed by atoms with Gasteiger partial charge in [0, 0.05) is 5.54 Å². The van der Waals surface area contributed by atoms with Gasteiger partial charge in [0.15, 0.2) is 0 Å². The maximum atomic E-state index is 12.2. The van der Waals surface area contributed by atoms with Crippen molar-refractivity contribution < 1.29 is 23.9 Å². The summed E-state index contributed by atoms with van der Waals surface area (Å²) in [6, 6.07) is 5.46. The molecule has 8 heteroatoms. The zero-order chi connectivity index (χ0) is 24.7. The molecule has 0 aromatic heterocycles. The number of amides is 1. The monoisotopic (exact) mass is 467 g/mol. The van der Waals surface area contributed by atoms with Crippen LogP contribution in [-0.2, 0) is 9.31 Å². The van der Waals surface area contributed by atoms with E-state index in [0.717, 1.165) is 5.46 Å². The Balaban J connectivity index is 2.25. The summed E-state index contributed by atoms with van der Waals surface area (Å²) in [5.74, 6) is 0.787. The molecular formula is C24H39BClNO5. The minimum Gasteiger partial charge on any atom is -0.490 e. The SMILES string of the molecule is CC(C)CC(C)(COc1ccc(B2OC(C)(C)C(C)(C)O2)cc1Cl)N(C(=O)O)C(C)(C)C. The van der Waals surface area contributed by atoms with Crippen LogP contribution in [0.15, 0.2) is 18.2 Å². The predicted octanol–water partition coefficient (Wildman–Crippen LogP) is 5.60. The van der Waals surface area contributed by atoms with Gasteiger partial charge in [0.05, 0.1) is 21.8 Å². The molecule has 0 radical (unpaired) electrons. The quantitative estimate of drug-likeness (QED) is 0.528. The van der Waals surface area contributed by atoms with Gasteiger partial charge in [-0.3, -0.25) is 4.90 Å². The van der Waals surface area contributed by atoms with E-state index in [0.29, 0.717) is 17.2 Å². The molecule has 0 saturated carbocycles. The Labute approximate surface area is 198 Å². The summed E-state index contributed by atoms with van der Waals surface area (Å²) in [5.41, 5.74) is -1.38. The molecule has 1 amide bonds. The van der Waals surface area contributed by atoms with Crippen LogP contribution in [0.1, 0.15) is 75.7 Å². The molecule has 1 unspecified atom stereocenters. The molecule has 32 heavy (non-hydrogen) atoms. The van der Waals surface area contributed by atoms with E-state index in [9.17, 15) is 9.90 Å². The highest BCUT2D eigenvalue weighted by atomic mass is 35.5. The van der Waals surface area contributed by atoms with Crippen LogP contribution in [0.4, 0.5) is 4.79 Å². The largest absolute Gasteiger partial charge is 0.494 e. The third-order valence-corrected chi connectivity index (χ3v) is 6.57. The Morgan fingerprint density at radius 3 is 2.09 bits per heavy atom. The second-order valence-electron chi connectivity index (χ2n) is 11.5. The Morgan fingerprint density at radius 2 is 1.69 bits per heavy atom. The van der Waals surface area contributed by atoms with Crippen molar-refractivity contribution in [2.75, 3.05) is 6.61 Å². The van der Waals surface area contributed by atoms with Crippen molar-refractivity contribution in [3.8, 4) is 5.75 Å². The first-order valence-corrected chi connectivity index (χ1v) is 11.6. The number of nitrogens with zero attached hydrogens (tertiary/aromatic N) is 1. The van der Waals surface area contributed by atoms with Crippen LogP contribution in [0, 0.1) is 5.92 Å². The molecule has 1 heterocycles. The first-order valence-electron chi connectivity index (χ1n) is 11.2. The zero-order valence-corrected chi connectivity index (χ0v) is 22.0. The lowest BCUT2D eigenvalue weighted by atomic mass is 9.79. The number of ether oxygens (including phenoxy) is 1. The number of halogens is 1. The zero-order valence-electron chi connectivity index (χ0n) is 21.2. The molecule has 1 aromatic rings. The van der Waals surface area contributed by atoms with E-state index in [2.05, 4.69) is 13.8 Å². The highest BCUT2D eigenvalue weighted by Gasteiger charge is 2.51. The average molecular weight is 468 g/mol. The minimum atomic E-state index is -0.966. The van der Waals surface area contributed by atoms with E-state index in [-0.39, 0.29) is 12.5 Å². The molecule has 1 aliphatic heterocycles. The molecule has 0 spiro atoms. The number of hydrogen-bond donors (Lipinski definition) is 1. The fourth-order valence-electron chi connectivity index (χ4n) is 4.41. The normalized spacial score (nSPS) is 19.7. The average Bonchev–Trinajstić information content (AvgIpc) is 2.79. The lowest BCUT2D eigenvalue weighted by Crippen LogP contribution is -2.61. The molecule has 6 nitrogen and oxygen atoms in total. The van der Waals surface area contributed by atoms with E-state index >= 15 is 0 Å². The fraction of sp³-hybridized carbons (Fsp3) is 0.708. The predicted molar refractivity (Wildman–Crippen MR) is 130 cm³/mol. The molecule has 1 atom stereocenters. The number of rotatable bonds is 7. The summed E-state index contributed by atoms with van der Waals surface area (Å²) in [5, 5.41) is 10.4. The topological polar surface area (TPSA) is 68.2 Å². The van der Waals surface area contributed by atoms with Crippen molar-refractivity contribution in [2.24, 2.45) is 5.92 Å². The first-order chi connectivity index (χ1) is 14.4. The van der Waals surface area contributed by atoms with Gasteiger partial charge in [-0.1, -0.05) is 31.5 Å². The first kappa shape index (κ1) is 26.8. The van der Waals surface area contributed by atoms with Crippen LogP contribution < -0.4 is 10.2 Å². The molecular weight excluding hydrogens is 429 g/mol. The number of hydrogen-bond acceptors (Lipinski definition) is 4. The lowest BCUT2D eigenvalue weighted by molar-refractivity contribution is -0.0108. The fourth-order valence-corrected chi connectivity index (χ4v) is 4.66. The van der Waals surface area contributed by atoms with Gasteiger partial charge in [-0.15, -0.1) is 0 Å². The molecule has 1 saturated heterocycles. The third-order valence-electron chi connectivity index (χ3n) is 6.27. The van der Waals surface area contributed by atoms with Crippen molar-refractivity contribution in [3.05, 3.63) is 23.2 Å². The van der Waals surface area contributed by atoms with Crippen LogP contribution in [0.3, 0.4) is 0 Å². The van der Waals surface area contributed by atoms with Gasteiger partial charge in [-0.05, 0) is 85.3 Å². The van der Waals surface area contributed by atoms with Gasteiger partial charge in [0.1, 0.15) is 12.4 Å². The molecule has 0 bridgehead atoms. The van der Waals surface area contributed by atoms with Crippen LogP contribution in [0.5, 0.6) is 5.75 Å². The standard InChI is InChI=1S/C24H39BClNO5/c1-16(2)14-24(10,27(20(28)29)21(3,4)5)15-30-19-12-11-17(13-18(19)26)25-31-22(6,7)23(8,9)32-25/h11-13,16H,14-15H2,1-10H3,(H,28,29). The van der Waals surface area contributed by atoms with E-state index in [1.54, 1.807) is 12.1 Å². The van der Waals surface area contributed by atoms with Crippen LogP contribution >= 0.6 is 11.6 Å². The summed E-state index contributed by atoms with van der Waals surface area (Å²) in [4.78, 5) is 13.7. The van der Waals surface area contributed by atoms with Gasteiger partial charge in [0.2, 0.25) is 0 Å². The molecule has 1 aliphatic rings. The molecule has 180 valence electrons. The minimum absolute atomic E-state index is 0.185. The highest BCUT2D eigenvalue weighted by Crippen LogP contribution is 2.37. The van der Waals surface area contributed by atoms with Crippen molar-refractivity contribution in [1.82, 2.24) is 4.90 Å². The van der Waals surface area contributed by atoms with Gasteiger partial charge < -0.3 is 19.2 Å². The number of carboxylic acid groups (broad SMARTS) is 1. The summed E-state index contributed by atoms with van der Waals surface area (Å²) in [6.07, 6.45) is -0.313. The van der Waals surface area contributed by atoms with Crippen LogP contribution in [0.25, 0.3) is 0 Å². The second-order valence-corrected chi connectivity index (χ2v) is 11.9. The van der Waals surface area contributed by atoms with Gasteiger partial charge in [-0.25, -0.2) is 4.79 Å². The van der Waals surface area contributed by atoms with Crippen molar-refractivity contribution in [1.29, 1.82) is 0 Å². The maximum absolute atomic E-state index is 12.2. The van der Waals surface area contributed by atoms with Gasteiger partial charge >= 0.3 is 13.2 Å². The van der Waals surface area contributed by atoms with E-state index in [1.165, 1.54) is 4.90 Å². The molecule has 1 N–H and O–H groups in total. The van der Waals surface area contributed by atoms with Crippen LogP contribution in [-0.4, -0.2) is 52.1 Å². The van der Waals surface area contributed by atoms with Crippen molar-refractivity contribution >= 4 is 30.3 Å². The summed E-state index contributed by atoms with van der Waals surface area (Å²) < 4.78 is 18.3. The van der Waals surface area contributed by atoms with Gasteiger partial charge in [-0.2, -0.15) is 0 Å². The highest BCUT2D eigenvalue weighted by molar-refractivity contribution is 6.62. The summed E-state index contributed by atoms with van der Waals surface area (Å²) in [7, 11) is -0.513. The Bertz CT molecular complexity index is 820. The van der Waals surface area contributed by atoms with Crippen molar-refractivity contribution in [3.63, 3.8) is 0 Å². The Morgan fingerprint density at radius 1 is 1.16 bits per heavy atom.